The highest BCUT2D eigenvalue weighted by Gasteiger charge is 2.34. The zero-order chi connectivity index (χ0) is 22.5. The molecule has 0 fully saturated rings. The first-order chi connectivity index (χ1) is 15.6. The van der Waals surface area contributed by atoms with Crippen molar-refractivity contribution >= 4 is 11.8 Å². The molecule has 1 aliphatic rings. The Kier molecular flexibility index (Phi) is 6.71. The number of carbonyl (C=O) groups excluding carboxylic acids is 2. The van der Waals surface area contributed by atoms with E-state index in [2.05, 4.69) is 28.7 Å². The molecule has 0 N–H and O–H groups in total. The van der Waals surface area contributed by atoms with Crippen LogP contribution < -0.4 is 0 Å². The fourth-order valence-corrected chi connectivity index (χ4v) is 4.32. The van der Waals surface area contributed by atoms with Crippen LogP contribution in [-0.4, -0.2) is 44.7 Å². The molecular formula is C26H28N4O2. The lowest BCUT2D eigenvalue weighted by Gasteiger charge is -2.34. The first-order valence-electron chi connectivity index (χ1n) is 11.1. The van der Waals surface area contributed by atoms with Crippen LogP contribution >= 0.6 is 0 Å². The summed E-state index contributed by atoms with van der Waals surface area (Å²) in [6.45, 7) is 5.55. The fraction of sp³-hybridized carbons (Fsp3) is 0.308. The smallest absolute Gasteiger partial charge is 0.261 e. The van der Waals surface area contributed by atoms with E-state index in [0.717, 1.165) is 30.8 Å². The van der Waals surface area contributed by atoms with Gasteiger partial charge >= 0.3 is 0 Å². The number of hydrogen-bond donors (Lipinski definition) is 0. The van der Waals surface area contributed by atoms with Crippen LogP contribution in [0.2, 0.25) is 0 Å². The molecule has 0 saturated carbocycles. The van der Waals surface area contributed by atoms with Gasteiger partial charge in [0.1, 0.15) is 0 Å². The summed E-state index contributed by atoms with van der Waals surface area (Å²) in [7, 11) is 0. The van der Waals surface area contributed by atoms with Crippen LogP contribution in [0.5, 0.6) is 0 Å². The SMILES string of the molecule is CC(c1ccccn1)N(CCCCN1C(=O)c2ccccc2C1=O)C(C)c1ccccn1. The standard InChI is InChI=1S/C26H28N4O2/c1-19(23-13-5-7-15-27-23)29(20(2)24-14-6-8-16-28-24)17-9-10-18-30-25(31)21-11-3-4-12-22(21)26(30)32/h3-8,11-16,19-20H,9-10,17-18H2,1-2H3. The highest BCUT2D eigenvalue weighted by atomic mass is 16.2. The van der Waals surface area contributed by atoms with Gasteiger partial charge in [-0.25, -0.2) is 0 Å². The molecule has 3 aromatic rings. The minimum atomic E-state index is -0.189. The van der Waals surface area contributed by atoms with E-state index in [9.17, 15) is 9.59 Å². The zero-order valence-corrected chi connectivity index (χ0v) is 18.5. The Morgan fingerprint density at radius 2 is 1.25 bits per heavy atom. The number of carbonyl (C=O) groups is 2. The molecule has 164 valence electrons. The number of amides is 2. The Labute approximate surface area is 188 Å². The van der Waals surface area contributed by atoms with Gasteiger partial charge in [0.2, 0.25) is 0 Å². The lowest BCUT2D eigenvalue weighted by molar-refractivity contribution is 0.0647. The van der Waals surface area contributed by atoms with Crippen LogP contribution in [0.15, 0.2) is 73.1 Å². The molecule has 2 aromatic heterocycles. The van der Waals surface area contributed by atoms with E-state index in [1.54, 1.807) is 24.3 Å². The fourth-order valence-electron chi connectivity index (χ4n) is 4.32. The lowest BCUT2D eigenvalue weighted by atomic mass is 10.1. The third-order valence-electron chi connectivity index (χ3n) is 6.15. The van der Waals surface area contributed by atoms with Gasteiger partial charge in [0, 0.05) is 31.0 Å². The van der Waals surface area contributed by atoms with Crippen molar-refractivity contribution in [3.05, 3.63) is 95.6 Å². The molecule has 0 saturated heterocycles. The van der Waals surface area contributed by atoms with Gasteiger partial charge in [0.25, 0.3) is 11.8 Å². The number of fused-ring (bicyclic) bond motifs is 1. The molecular weight excluding hydrogens is 400 g/mol. The van der Waals surface area contributed by atoms with Gasteiger partial charge in [-0.05, 0) is 69.6 Å². The summed E-state index contributed by atoms with van der Waals surface area (Å²) in [5.41, 5.74) is 3.03. The largest absolute Gasteiger partial charge is 0.287 e. The maximum atomic E-state index is 12.6. The van der Waals surface area contributed by atoms with Gasteiger partial charge in [-0.2, -0.15) is 0 Å². The molecule has 6 nitrogen and oxygen atoms in total. The van der Waals surface area contributed by atoms with Crippen molar-refractivity contribution < 1.29 is 9.59 Å². The number of pyridine rings is 2. The van der Waals surface area contributed by atoms with Gasteiger partial charge in [-0.15, -0.1) is 0 Å². The van der Waals surface area contributed by atoms with Crippen molar-refractivity contribution in [2.45, 2.75) is 38.8 Å². The Hall–Kier alpha value is -3.38. The molecule has 3 heterocycles. The minimum absolute atomic E-state index is 0.104. The molecule has 0 radical (unpaired) electrons. The van der Waals surface area contributed by atoms with Gasteiger partial charge < -0.3 is 0 Å². The van der Waals surface area contributed by atoms with Crippen molar-refractivity contribution in [3.63, 3.8) is 0 Å². The molecule has 6 heteroatoms. The molecule has 32 heavy (non-hydrogen) atoms. The normalized spacial score (nSPS) is 15.2. The van der Waals surface area contributed by atoms with Crippen molar-refractivity contribution in [2.75, 3.05) is 13.1 Å². The summed E-state index contributed by atoms with van der Waals surface area (Å²) in [6.07, 6.45) is 5.23. The van der Waals surface area contributed by atoms with Crippen molar-refractivity contribution in [1.82, 2.24) is 19.8 Å². The number of benzene rings is 1. The first kappa shape index (κ1) is 21.8. The molecule has 0 aliphatic carbocycles. The maximum absolute atomic E-state index is 12.6. The topological polar surface area (TPSA) is 66.4 Å². The summed E-state index contributed by atoms with van der Waals surface area (Å²) >= 11 is 0. The lowest BCUT2D eigenvalue weighted by Crippen LogP contribution is -2.34. The number of rotatable bonds is 9. The molecule has 1 aromatic carbocycles. The summed E-state index contributed by atoms with van der Waals surface area (Å²) in [5.74, 6) is -0.377. The van der Waals surface area contributed by atoms with E-state index in [4.69, 9.17) is 0 Å². The van der Waals surface area contributed by atoms with Crippen LogP contribution in [0.4, 0.5) is 0 Å². The highest BCUT2D eigenvalue weighted by molar-refractivity contribution is 6.21. The Bertz CT molecular complexity index is 991. The average molecular weight is 429 g/mol. The first-order valence-corrected chi connectivity index (χ1v) is 11.1. The van der Waals surface area contributed by atoms with E-state index >= 15 is 0 Å². The predicted molar refractivity (Wildman–Crippen MR) is 123 cm³/mol. The Morgan fingerprint density at radius 1 is 0.750 bits per heavy atom. The number of imide groups is 1. The van der Waals surface area contributed by atoms with Crippen LogP contribution in [0.25, 0.3) is 0 Å². The highest BCUT2D eigenvalue weighted by Crippen LogP contribution is 2.29. The minimum Gasteiger partial charge on any atom is -0.287 e. The molecule has 2 amide bonds. The molecule has 0 spiro atoms. The molecule has 1 aliphatic heterocycles. The summed E-state index contributed by atoms with van der Waals surface area (Å²) in [6, 6.07) is 19.2. The Morgan fingerprint density at radius 3 is 1.72 bits per heavy atom. The second-order valence-corrected chi connectivity index (χ2v) is 8.11. The summed E-state index contributed by atoms with van der Waals surface area (Å²) in [5, 5.41) is 0. The van der Waals surface area contributed by atoms with Gasteiger partial charge in [-0.1, -0.05) is 24.3 Å². The third kappa shape index (κ3) is 4.46. The molecule has 2 unspecified atom stereocenters. The van der Waals surface area contributed by atoms with Crippen molar-refractivity contribution in [3.8, 4) is 0 Å². The van der Waals surface area contributed by atoms with Gasteiger partial charge in [0.05, 0.1) is 22.5 Å². The van der Waals surface area contributed by atoms with E-state index < -0.39 is 0 Å². The number of nitrogens with zero attached hydrogens (tertiary/aromatic N) is 4. The predicted octanol–water partition coefficient (Wildman–Crippen LogP) is 4.68. The van der Waals surface area contributed by atoms with Crippen LogP contribution in [0.3, 0.4) is 0 Å². The van der Waals surface area contributed by atoms with Gasteiger partial charge in [0.15, 0.2) is 0 Å². The maximum Gasteiger partial charge on any atom is 0.261 e. The monoisotopic (exact) mass is 428 g/mol. The number of hydrogen-bond acceptors (Lipinski definition) is 5. The second kappa shape index (κ2) is 9.83. The van der Waals surface area contributed by atoms with Crippen LogP contribution in [0.1, 0.15) is 70.9 Å². The van der Waals surface area contributed by atoms with E-state index in [-0.39, 0.29) is 23.9 Å². The number of unbranched alkanes of at least 4 members (excludes halogenated alkanes) is 1. The summed E-state index contributed by atoms with van der Waals surface area (Å²) < 4.78 is 0. The van der Waals surface area contributed by atoms with E-state index in [1.165, 1.54) is 4.90 Å². The van der Waals surface area contributed by atoms with Crippen LogP contribution in [-0.2, 0) is 0 Å². The third-order valence-corrected chi connectivity index (χ3v) is 6.15. The Balaban J connectivity index is 1.42. The van der Waals surface area contributed by atoms with E-state index in [0.29, 0.717) is 17.7 Å². The summed E-state index contributed by atoms with van der Waals surface area (Å²) in [4.78, 5) is 38.1. The average Bonchev–Trinajstić information content (AvgIpc) is 3.09. The van der Waals surface area contributed by atoms with Gasteiger partial charge in [-0.3, -0.25) is 29.4 Å². The zero-order valence-electron chi connectivity index (χ0n) is 18.5. The molecule has 4 rings (SSSR count). The molecule has 2 atom stereocenters. The van der Waals surface area contributed by atoms with E-state index in [1.807, 2.05) is 48.8 Å². The van der Waals surface area contributed by atoms with Crippen molar-refractivity contribution in [2.24, 2.45) is 0 Å². The molecule has 0 bridgehead atoms. The van der Waals surface area contributed by atoms with Crippen LogP contribution in [0, 0.1) is 0 Å². The van der Waals surface area contributed by atoms with Crippen molar-refractivity contribution in [1.29, 1.82) is 0 Å². The quantitative estimate of drug-likeness (QED) is 0.366. The second-order valence-electron chi connectivity index (χ2n) is 8.11. The number of aromatic nitrogens is 2.